The van der Waals surface area contributed by atoms with E-state index in [1.54, 1.807) is 0 Å². The summed E-state index contributed by atoms with van der Waals surface area (Å²) in [4.78, 5) is 13.2. The number of aliphatic hydroxyl groups is 2. The molecule has 0 bridgehead atoms. The van der Waals surface area contributed by atoms with Crippen LogP contribution in [0.3, 0.4) is 0 Å². The van der Waals surface area contributed by atoms with Gasteiger partial charge in [-0.3, -0.25) is 4.79 Å². The summed E-state index contributed by atoms with van der Waals surface area (Å²) in [6.07, 6.45) is -5.29. The highest BCUT2D eigenvalue weighted by molar-refractivity contribution is 5.81. The number of nitrogens with zero attached hydrogens (tertiary/aromatic N) is 1. The van der Waals surface area contributed by atoms with E-state index in [-0.39, 0.29) is 17.9 Å². The Balaban J connectivity index is 1.73. The number of carbonyl (C=O) groups excluding carboxylic acids is 1. The van der Waals surface area contributed by atoms with Gasteiger partial charge in [0.15, 0.2) is 6.10 Å². The molecule has 0 aromatic rings. The van der Waals surface area contributed by atoms with Crippen LogP contribution in [-0.4, -0.2) is 65.1 Å². The molecule has 2 fully saturated rings. The zero-order valence-corrected chi connectivity index (χ0v) is 11.6. The number of amides is 1. The minimum Gasteiger partial charge on any atom is -0.383 e. The Morgan fingerprint density at radius 1 is 1.19 bits per heavy atom. The maximum absolute atomic E-state index is 12.3. The van der Waals surface area contributed by atoms with Gasteiger partial charge in [0.1, 0.15) is 6.10 Å². The van der Waals surface area contributed by atoms with E-state index in [0.717, 1.165) is 12.8 Å². The first-order valence-electron chi connectivity index (χ1n) is 7.23. The maximum Gasteiger partial charge on any atom is 0.415 e. The molecule has 5 nitrogen and oxygen atoms in total. The van der Waals surface area contributed by atoms with Crippen LogP contribution in [0.2, 0.25) is 0 Å². The van der Waals surface area contributed by atoms with E-state index in [0.29, 0.717) is 25.9 Å². The number of aliphatic hydroxyl groups excluding tert-OH is 2. The summed E-state index contributed by atoms with van der Waals surface area (Å²) in [5, 5.41) is 21.7. The van der Waals surface area contributed by atoms with E-state index in [9.17, 15) is 23.1 Å². The molecule has 3 N–H and O–H groups in total. The number of hydrogen-bond donors (Lipinski definition) is 3. The molecule has 2 atom stereocenters. The molecule has 8 heteroatoms. The second kappa shape index (κ2) is 6.50. The smallest absolute Gasteiger partial charge is 0.383 e. The number of piperidine rings is 1. The number of β-amino-alcohol motifs (C(OH)–C–C–N with tert-alkyl or cyclic N) is 1. The molecule has 1 aliphatic carbocycles. The summed E-state index contributed by atoms with van der Waals surface area (Å²) < 4.78 is 36.8. The normalized spacial score (nSPS) is 24.6. The summed E-state index contributed by atoms with van der Waals surface area (Å²) in [5.74, 6) is -0.616. The molecular weight excluding hydrogens is 289 g/mol. The topological polar surface area (TPSA) is 72.8 Å². The number of hydrogen-bond acceptors (Lipinski definition) is 4. The van der Waals surface area contributed by atoms with Gasteiger partial charge in [-0.15, -0.1) is 0 Å². The number of halogens is 3. The molecule has 0 unspecified atom stereocenters. The van der Waals surface area contributed by atoms with Crippen molar-refractivity contribution in [1.82, 2.24) is 10.2 Å². The fraction of sp³-hybridized carbons (Fsp3) is 0.923. The highest BCUT2D eigenvalue weighted by Crippen LogP contribution is 2.25. The lowest BCUT2D eigenvalue weighted by molar-refractivity contribution is -0.209. The van der Waals surface area contributed by atoms with Gasteiger partial charge in [0.25, 0.3) is 0 Å². The molecule has 0 aromatic heterocycles. The van der Waals surface area contributed by atoms with Crippen molar-refractivity contribution in [3.05, 3.63) is 0 Å². The summed E-state index contributed by atoms with van der Waals surface area (Å²) >= 11 is 0. The number of carbonyl (C=O) groups is 1. The van der Waals surface area contributed by atoms with Crippen LogP contribution in [0.1, 0.15) is 25.7 Å². The Labute approximate surface area is 121 Å². The fourth-order valence-corrected chi connectivity index (χ4v) is 2.53. The van der Waals surface area contributed by atoms with Crippen LogP contribution < -0.4 is 5.32 Å². The average Bonchev–Trinajstić information content (AvgIpc) is 3.21. The lowest BCUT2D eigenvalue weighted by atomic mass is 9.90. The fourth-order valence-electron chi connectivity index (χ4n) is 2.53. The first kappa shape index (κ1) is 16.5. The van der Waals surface area contributed by atoms with Gasteiger partial charge in [0.2, 0.25) is 5.91 Å². The van der Waals surface area contributed by atoms with Gasteiger partial charge in [-0.2, -0.15) is 13.2 Å². The number of alkyl halides is 3. The first-order chi connectivity index (χ1) is 9.77. The van der Waals surface area contributed by atoms with Gasteiger partial charge in [-0.25, -0.2) is 0 Å². The quantitative estimate of drug-likeness (QED) is 0.681. The predicted octanol–water partition coefficient (Wildman–Crippen LogP) is 0.261. The molecule has 21 heavy (non-hydrogen) atoms. The molecular formula is C13H21F3N2O3. The minimum atomic E-state index is -4.61. The molecule has 122 valence electrons. The third-order valence-electron chi connectivity index (χ3n) is 4.08. The molecule has 1 heterocycles. The molecule has 1 saturated carbocycles. The van der Waals surface area contributed by atoms with Crippen molar-refractivity contribution in [3.8, 4) is 0 Å². The van der Waals surface area contributed by atoms with Crippen molar-refractivity contribution in [3.63, 3.8) is 0 Å². The highest BCUT2D eigenvalue weighted by Gasteiger charge is 2.40. The summed E-state index contributed by atoms with van der Waals surface area (Å²) in [5.41, 5.74) is 0. The van der Waals surface area contributed by atoms with Gasteiger partial charge in [0.05, 0.1) is 0 Å². The SMILES string of the molecule is O=C(NC1CC1)[C@H](O)C1CCN(C[C@@H](O)C(F)(F)F)CC1. The van der Waals surface area contributed by atoms with Crippen LogP contribution in [0.4, 0.5) is 13.2 Å². The van der Waals surface area contributed by atoms with Crippen LogP contribution in [-0.2, 0) is 4.79 Å². The van der Waals surface area contributed by atoms with Crippen molar-refractivity contribution in [1.29, 1.82) is 0 Å². The van der Waals surface area contributed by atoms with Crippen molar-refractivity contribution in [2.24, 2.45) is 5.92 Å². The van der Waals surface area contributed by atoms with Crippen molar-refractivity contribution >= 4 is 5.91 Å². The maximum atomic E-state index is 12.3. The average molecular weight is 310 g/mol. The molecule has 0 aromatic carbocycles. The second-order valence-corrected chi connectivity index (χ2v) is 5.92. The van der Waals surface area contributed by atoms with E-state index >= 15 is 0 Å². The van der Waals surface area contributed by atoms with Crippen LogP contribution in [0.15, 0.2) is 0 Å². The summed E-state index contributed by atoms with van der Waals surface area (Å²) in [6, 6.07) is 0.175. The van der Waals surface area contributed by atoms with E-state index < -0.39 is 24.9 Å². The number of rotatable bonds is 5. The van der Waals surface area contributed by atoms with Crippen molar-refractivity contribution in [2.75, 3.05) is 19.6 Å². The molecule has 2 aliphatic rings. The first-order valence-corrected chi connectivity index (χ1v) is 7.23. The largest absolute Gasteiger partial charge is 0.415 e. The molecule has 0 spiro atoms. The Kier molecular flexibility index (Phi) is 5.11. The Morgan fingerprint density at radius 2 is 1.76 bits per heavy atom. The van der Waals surface area contributed by atoms with Crippen LogP contribution in [0.5, 0.6) is 0 Å². The van der Waals surface area contributed by atoms with Crippen LogP contribution >= 0.6 is 0 Å². The second-order valence-electron chi connectivity index (χ2n) is 5.92. The Bertz CT molecular complexity index is 366. The summed E-state index contributed by atoms with van der Waals surface area (Å²) in [6.45, 7) is 0.220. The monoisotopic (exact) mass is 310 g/mol. The number of nitrogens with one attached hydrogen (secondary N) is 1. The molecule has 0 radical (unpaired) electrons. The highest BCUT2D eigenvalue weighted by atomic mass is 19.4. The minimum absolute atomic E-state index is 0.175. The van der Waals surface area contributed by atoms with Crippen LogP contribution in [0.25, 0.3) is 0 Å². The Morgan fingerprint density at radius 3 is 2.24 bits per heavy atom. The standard InChI is InChI=1S/C13H21F3N2O3/c14-13(15,16)10(19)7-18-5-3-8(4-6-18)11(20)12(21)17-9-1-2-9/h8-11,19-20H,1-7H2,(H,17,21)/t10-,11-/m1/s1. The third-order valence-corrected chi connectivity index (χ3v) is 4.08. The predicted molar refractivity (Wildman–Crippen MR) is 68.4 cm³/mol. The summed E-state index contributed by atoms with van der Waals surface area (Å²) in [7, 11) is 0. The van der Waals surface area contributed by atoms with E-state index in [4.69, 9.17) is 5.11 Å². The van der Waals surface area contributed by atoms with Gasteiger partial charge >= 0.3 is 6.18 Å². The third kappa shape index (κ3) is 4.82. The van der Waals surface area contributed by atoms with E-state index in [1.807, 2.05) is 0 Å². The van der Waals surface area contributed by atoms with Gasteiger partial charge in [-0.05, 0) is 44.7 Å². The molecule has 1 aliphatic heterocycles. The zero-order chi connectivity index (χ0) is 15.6. The van der Waals surface area contributed by atoms with Gasteiger partial charge in [-0.1, -0.05) is 0 Å². The van der Waals surface area contributed by atoms with Crippen LogP contribution in [0, 0.1) is 5.92 Å². The zero-order valence-electron chi connectivity index (χ0n) is 11.6. The molecule has 2 rings (SSSR count). The number of likely N-dealkylation sites (tertiary alicyclic amines) is 1. The van der Waals surface area contributed by atoms with Gasteiger partial charge in [0, 0.05) is 12.6 Å². The van der Waals surface area contributed by atoms with E-state index in [2.05, 4.69) is 5.32 Å². The van der Waals surface area contributed by atoms with Crippen molar-refractivity contribution < 1.29 is 28.2 Å². The molecule has 1 saturated heterocycles. The van der Waals surface area contributed by atoms with Gasteiger partial charge < -0.3 is 20.4 Å². The Hall–Kier alpha value is -0.860. The lowest BCUT2D eigenvalue weighted by Crippen LogP contribution is -2.48. The lowest BCUT2D eigenvalue weighted by Gasteiger charge is -2.34. The van der Waals surface area contributed by atoms with E-state index in [1.165, 1.54) is 4.90 Å². The van der Waals surface area contributed by atoms with Crippen molar-refractivity contribution in [2.45, 2.75) is 50.1 Å². The molecule has 1 amide bonds.